The van der Waals surface area contributed by atoms with Gasteiger partial charge in [-0.25, -0.2) is 9.97 Å². The van der Waals surface area contributed by atoms with E-state index in [1.807, 2.05) is 54.1 Å². The number of hydrogen-bond acceptors (Lipinski definition) is 7. The maximum Gasteiger partial charge on any atom is 0.150 e. The smallest absolute Gasteiger partial charge is 0.150 e. The minimum absolute atomic E-state index is 0.365. The zero-order valence-electron chi connectivity index (χ0n) is 16.3. The van der Waals surface area contributed by atoms with E-state index in [1.165, 1.54) is 6.33 Å². The summed E-state index contributed by atoms with van der Waals surface area (Å²) in [5.41, 5.74) is 16.9. The van der Waals surface area contributed by atoms with Crippen LogP contribution >= 0.6 is 0 Å². The van der Waals surface area contributed by atoms with Crippen molar-refractivity contribution in [3.8, 4) is 11.4 Å². The van der Waals surface area contributed by atoms with Gasteiger partial charge >= 0.3 is 0 Å². The fourth-order valence-electron chi connectivity index (χ4n) is 3.49. The first-order chi connectivity index (χ1) is 14.6. The van der Waals surface area contributed by atoms with Crippen molar-refractivity contribution in [2.75, 3.05) is 11.5 Å². The molecule has 5 aromatic rings. The summed E-state index contributed by atoms with van der Waals surface area (Å²) in [6.07, 6.45) is 6.91. The van der Waals surface area contributed by atoms with Crippen LogP contribution in [0, 0.1) is 6.92 Å². The minimum atomic E-state index is 0.365. The molecule has 0 radical (unpaired) electrons. The number of nitrogen functional groups attached to an aromatic ring is 2. The molecule has 0 bridgehead atoms. The molecule has 30 heavy (non-hydrogen) atoms. The molecular formula is C22H19N7O. The number of hydrogen-bond donors (Lipinski definition) is 2. The zero-order chi connectivity index (χ0) is 20.7. The van der Waals surface area contributed by atoms with Crippen molar-refractivity contribution in [3.05, 3.63) is 72.6 Å². The van der Waals surface area contributed by atoms with E-state index >= 15 is 0 Å². The van der Waals surface area contributed by atoms with Gasteiger partial charge in [-0.05, 0) is 37.3 Å². The number of nitrogens with zero attached hydrogens (tertiary/aromatic N) is 5. The molecule has 0 saturated carbocycles. The number of nitrogens with two attached hydrogens (primary N) is 2. The van der Waals surface area contributed by atoms with E-state index in [0.717, 1.165) is 44.6 Å². The minimum Gasteiger partial charge on any atom is -0.489 e. The molecule has 0 aliphatic rings. The van der Waals surface area contributed by atoms with Gasteiger partial charge in [0.1, 0.15) is 30.1 Å². The van der Waals surface area contributed by atoms with Crippen LogP contribution in [0.2, 0.25) is 0 Å². The molecular weight excluding hydrogens is 378 g/mol. The highest BCUT2D eigenvalue weighted by atomic mass is 16.5. The number of pyridine rings is 2. The van der Waals surface area contributed by atoms with Crippen LogP contribution in [0.5, 0.6) is 5.75 Å². The lowest BCUT2D eigenvalue weighted by Gasteiger charge is -2.10. The lowest BCUT2D eigenvalue weighted by molar-refractivity contribution is 0.306. The molecule has 0 saturated heterocycles. The maximum atomic E-state index is 6.08. The van der Waals surface area contributed by atoms with Crippen LogP contribution in [-0.4, -0.2) is 24.5 Å². The standard InChI is InChI=1S/C22H19N7O/c1-13-6-19(23)17-3-2-16(8-20(17)28-13)30-11-14-7-15(10-25-9-14)29-5-4-18-21(24)26-12-27-22(18)29/h2-10,12H,11H2,1H3,(H2,23,28)(H2,24,26,27). The maximum absolute atomic E-state index is 6.08. The van der Waals surface area contributed by atoms with Crippen LogP contribution in [0.4, 0.5) is 11.5 Å². The Labute approximate surface area is 172 Å². The van der Waals surface area contributed by atoms with E-state index in [2.05, 4.69) is 19.9 Å². The monoisotopic (exact) mass is 397 g/mol. The van der Waals surface area contributed by atoms with Crippen LogP contribution in [-0.2, 0) is 6.61 Å². The van der Waals surface area contributed by atoms with Crippen molar-refractivity contribution in [1.29, 1.82) is 0 Å². The summed E-state index contributed by atoms with van der Waals surface area (Å²) >= 11 is 0. The first-order valence-electron chi connectivity index (χ1n) is 9.40. The van der Waals surface area contributed by atoms with Crippen LogP contribution in [0.15, 0.2) is 61.3 Å². The normalized spacial score (nSPS) is 11.2. The molecule has 0 aliphatic heterocycles. The van der Waals surface area contributed by atoms with Gasteiger partial charge in [0.25, 0.3) is 0 Å². The van der Waals surface area contributed by atoms with Crippen LogP contribution in [0.25, 0.3) is 27.6 Å². The highest BCUT2D eigenvalue weighted by Gasteiger charge is 2.09. The highest BCUT2D eigenvalue weighted by molar-refractivity contribution is 5.91. The molecule has 4 heterocycles. The molecule has 8 heteroatoms. The fraction of sp³-hybridized carbons (Fsp3) is 0.0909. The van der Waals surface area contributed by atoms with Gasteiger partial charge in [0.15, 0.2) is 0 Å². The van der Waals surface area contributed by atoms with Crippen molar-refractivity contribution < 1.29 is 4.74 Å². The Morgan fingerprint density at radius 3 is 2.80 bits per heavy atom. The Morgan fingerprint density at radius 1 is 1.00 bits per heavy atom. The second-order valence-corrected chi connectivity index (χ2v) is 7.05. The Bertz CT molecular complexity index is 1390. The first-order valence-corrected chi connectivity index (χ1v) is 9.40. The molecule has 5 rings (SSSR count). The Hall–Kier alpha value is -4.20. The molecule has 0 amide bonds. The summed E-state index contributed by atoms with van der Waals surface area (Å²) in [6.45, 7) is 2.29. The zero-order valence-corrected chi connectivity index (χ0v) is 16.3. The third-order valence-electron chi connectivity index (χ3n) is 4.92. The molecule has 0 spiro atoms. The molecule has 0 unspecified atom stereocenters. The summed E-state index contributed by atoms with van der Waals surface area (Å²) in [7, 11) is 0. The summed E-state index contributed by atoms with van der Waals surface area (Å²) in [4.78, 5) is 17.3. The second kappa shape index (κ2) is 7.00. The first kappa shape index (κ1) is 17.9. The number of rotatable bonds is 4. The number of fused-ring (bicyclic) bond motifs is 2. The third-order valence-corrected chi connectivity index (χ3v) is 4.92. The van der Waals surface area contributed by atoms with E-state index in [4.69, 9.17) is 16.2 Å². The van der Waals surface area contributed by atoms with Gasteiger partial charge in [-0.1, -0.05) is 0 Å². The average Bonchev–Trinajstić information content (AvgIpc) is 3.18. The van der Waals surface area contributed by atoms with Crippen molar-refractivity contribution in [2.24, 2.45) is 0 Å². The summed E-state index contributed by atoms with van der Waals surface area (Å²) in [5.74, 6) is 1.17. The highest BCUT2D eigenvalue weighted by Crippen LogP contribution is 2.26. The van der Waals surface area contributed by atoms with Crippen molar-refractivity contribution >= 4 is 33.4 Å². The van der Waals surface area contributed by atoms with E-state index in [1.54, 1.807) is 12.4 Å². The van der Waals surface area contributed by atoms with Crippen molar-refractivity contribution in [3.63, 3.8) is 0 Å². The van der Waals surface area contributed by atoms with Gasteiger partial charge in [0.05, 0.1) is 22.8 Å². The summed E-state index contributed by atoms with van der Waals surface area (Å²) in [6, 6.07) is 11.5. The van der Waals surface area contributed by atoms with E-state index < -0.39 is 0 Å². The molecule has 0 aliphatic carbocycles. The molecule has 0 atom stereocenters. The van der Waals surface area contributed by atoms with Gasteiger partial charge in [0, 0.05) is 40.8 Å². The fourth-order valence-corrected chi connectivity index (χ4v) is 3.49. The number of ether oxygens (including phenoxy) is 1. The quantitative estimate of drug-likeness (QED) is 0.477. The van der Waals surface area contributed by atoms with Crippen LogP contribution in [0.3, 0.4) is 0 Å². The van der Waals surface area contributed by atoms with Gasteiger partial charge in [0.2, 0.25) is 0 Å². The number of aryl methyl sites for hydroxylation is 1. The van der Waals surface area contributed by atoms with E-state index in [0.29, 0.717) is 18.1 Å². The predicted molar refractivity (Wildman–Crippen MR) is 116 cm³/mol. The Morgan fingerprint density at radius 2 is 1.90 bits per heavy atom. The Kier molecular flexibility index (Phi) is 4.17. The van der Waals surface area contributed by atoms with E-state index in [9.17, 15) is 0 Å². The van der Waals surface area contributed by atoms with Gasteiger partial charge < -0.3 is 16.2 Å². The molecule has 148 valence electrons. The predicted octanol–water partition coefficient (Wildman–Crippen LogP) is 3.42. The lowest BCUT2D eigenvalue weighted by Crippen LogP contribution is -2.01. The van der Waals surface area contributed by atoms with Gasteiger partial charge in [-0.3, -0.25) is 14.5 Å². The molecule has 4 N–H and O–H groups in total. The average molecular weight is 397 g/mol. The lowest BCUT2D eigenvalue weighted by atomic mass is 10.1. The molecule has 4 aromatic heterocycles. The molecule has 0 fully saturated rings. The molecule has 8 nitrogen and oxygen atoms in total. The molecule has 1 aromatic carbocycles. The topological polar surface area (TPSA) is 118 Å². The summed E-state index contributed by atoms with van der Waals surface area (Å²) in [5, 5.41) is 1.72. The van der Waals surface area contributed by atoms with Gasteiger partial charge in [-0.15, -0.1) is 0 Å². The Balaban J connectivity index is 1.41. The van der Waals surface area contributed by atoms with E-state index in [-0.39, 0.29) is 0 Å². The number of anilines is 2. The van der Waals surface area contributed by atoms with Crippen molar-refractivity contribution in [1.82, 2.24) is 24.5 Å². The van der Waals surface area contributed by atoms with Crippen LogP contribution in [0.1, 0.15) is 11.3 Å². The number of benzene rings is 1. The second-order valence-electron chi connectivity index (χ2n) is 7.05. The third kappa shape index (κ3) is 3.14. The SMILES string of the molecule is Cc1cc(N)c2ccc(OCc3cncc(-n4ccc5c(N)ncnc54)c3)cc2n1. The largest absolute Gasteiger partial charge is 0.489 e. The van der Waals surface area contributed by atoms with Crippen molar-refractivity contribution in [2.45, 2.75) is 13.5 Å². The summed E-state index contributed by atoms with van der Waals surface area (Å²) < 4.78 is 7.91. The van der Waals surface area contributed by atoms with Gasteiger partial charge in [-0.2, -0.15) is 0 Å². The van der Waals surface area contributed by atoms with Crippen LogP contribution < -0.4 is 16.2 Å². The number of aromatic nitrogens is 5.